The molecule has 4 nitrogen and oxygen atoms in total. The van der Waals surface area contributed by atoms with Crippen LogP contribution in [-0.4, -0.2) is 26.2 Å². The van der Waals surface area contributed by atoms with Crippen molar-refractivity contribution in [1.29, 1.82) is 5.26 Å². The lowest BCUT2D eigenvalue weighted by Crippen LogP contribution is -2.37. The van der Waals surface area contributed by atoms with Crippen LogP contribution >= 0.6 is 0 Å². The minimum Gasteiger partial charge on any atom is -0.372 e. The van der Waals surface area contributed by atoms with Gasteiger partial charge in [-0.05, 0) is 97.4 Å². The molecule has 0 fully saturated rings. The van der Waals surface area contributed by atoms with Gasteiger partial charge in [0.15, 0.2) is 0 Å². The summed E-state index contributed by atoms with van der Waals surface area (Å²) in [7, 11) is 0. The number of nitrogens with zero attached hydrogens (tertiary/aromatic N) is 3. The SMILES string of the molecule is C=C/C=C(C#N)\C=C(/C=C)c1cc(N(CC)CC)c2c(c1)=NC=CC(=C)C=2/C1=C\[C@@H](C)CNCCC1. The third-order valence-electron chi connectivity index (χ3n) is 6.62. The lowest BCUT2D eigenvalue weighted by molar-refractivity contribution is 0.560. The smallest absolute Gasteiger partial charge is 0.0991 e. The number of hydrogen-bond donors (Lipinski definition) is 1. The maximum Gasteiger partial charge on any atom is 0.0991 e. The molecule has 1 atom stereocenters. The van der Waals surface area contributed by atoms with Gasteiger partial charge in [-0.3, -0.25) is 4.99 Å². The van der Waals surface area contributed by atoms with Crippen molar-refractivity contribution >= 4 is 16.8 Å². The second-order valence-corrected chi connectivity index (χ2v) is 9.16. The van der Waals surface area contributed by atoms with Gasteiger partial charge in [-0.25, -0.2) is 0 Å². The Bertz CT molecular complexity index is 1310. The second-order valence-electron chi connectivity index (χ2n) is 9.16. The van der Waals surface area contributed by atoms with E-state index in [0.29, 0.717) is 11.5 Å². The lowest BCUT2D eigenvalue weighted by Gasteiger charge is -2.25. The molecule has 2 heterocycles. The van der Waals surface area contributed by atoms with E-state index in [0.717, 1.165) is 72.0 Å². The molecular weight excluding hydrogens is 440 g/mol. The zero-order valence-corrected chi connectivity index (χ0v) is 22.0. The molecule has 3 rings (SSSR count). The van der Waals surface area contributed by atoms with Crippen LogP contribution in [0.1, 0.15) is 39.2 Å². The zero-order valence-electron chi connectivity index (χ0n) is 22.0. The van der Waals surface area contributed by atoms with Gasteiger partial charge in [0, 0.05) is 36.7 Å². The molecule has 1 N–H and O–H groups in total. The molecule has 0 aromatic heterocycles. The predicted octanol–water partition coefficient (Wildman–Crippen LogP) is 5.54. The molecule has 0 amide bonds. The average Bonchev–Trinajstić information content (AvgIpc) is 3.02. The van der Waals surface area contributed by atoms with Crippen LogP contribution in [0.2, 0.25) is 0 Å². The molecule has 2 aliphatic rings. The maximum absolute atomic E-state index is 9.56. The van der Waals surface area contributed by atoms with Gasteiger partial charge in [0.2, 0.25) is 0 Å². The van der Waals surface area contributed by atoms with E-state index in [-0.39, 0.29) is 0 Å². The van der Waals surface area contributed by atoms with Gasteiger partial charge < -0.3 is 10.2 Å². The molecular formula is C32H38N4. The summed E-state index contributed by atoms with van der Waals surface area (Å²) in [6.45, 7) is 22.6. The molecule has 36 heavy (non-hydrogen) atoms. The fraction of sp³-hybridized carbons (Fsp3) is 0.312. The molecule has 0 radical (unpaired) electrons. The lowest BCUT2D eigenvalue weighted by atomic mass is 9.88. The molecule has 0 saturated heterocycles. The van der Waals surface area contributed by atoms with Gasteiger partial charge in [-0.2, -0.15) is 5.26 Å². The topological polar surface area (TPSA) is 51.4 Å². The summed E-state index contributed by atoms with van der Waals surface area (Å²) >= 11 is 0. The van der Waals surface area contributed by atoms with E-state index in [2.05, 4.69) is 75.0 Å². The Morgan fingerprint density at radius 3 is 2.72 bits per heavy atom. The first-order valence-electron chi connectivity index (χ1n) is 12.8. The average molecular weight is 479 g/mol. The molecule has 1 aromatic carbocycles. The Morgan fingerprint density at radius 1 is 1.28 bits per heavy atom. The predicted molar refractivity (Wildman–Crippen MR) is 154 cm³/mol. The van der Waals surface area contributed by atoms with Gasteiger partial charge in [0.25, 0.3) is 0 Å². The first kappa shape index (κ1) is 26.9. The van der Waals surface area contributed by atoms with Crippen LogP contribution < -0.4 is 20.8 Å². The van der Waals surface area contributed by atoms with E-state index in [1.165, 1.54) is 11.1 Å². The number of hydrogen-bond acceptors (Lipinski definition) is 4. The fourth-order valence-corrected chi connectivity index (χ4v) is 4.87. The highest BCUT2D eigenvalue weighted by Crippen LogP contribution is 2.29. The second kappa shape index (κ2) is 12.9. The number of nitrogens with one attached hydrogen (secondary N) is 1. The Kier molecular flexibility index (Phi) is 9.61. The number of benzene rings is 1. The first-order valence-corrected chi connectivity index (χ1v) is 12.8. The van der Waals surface area contributed by atoms with Crippen molar-refractivity contribution in [2.24, 2.45) is 10.9 Å². The normalized spacial score (nSPS) is 20.1. The molecule has 0 spiro atoms. The van der Waals surface area contributed by atoms with Gasteiger partial charge in [-0.15, -0.1) is 0 Å². The number of rotatable bonds is 8. The number of fused-ring (bicyclic) bond motifs is 1. The highest BCUT2D eigenvalue weighted by molar-refractivity contribution is 5.85. The zero-order chi connectivity index (χ0) is 26.1. The molecule has 186 valence electrons. The Hall–Kier alpha value is -3.68. The number of anilines is 1. The molecule has 1 aromatic rings. The Morgan fingerprint density at radius 2 is 2.06 bits per heavy atom. The van der Waals surface area contributed by atoms with Crippen LogP contribution in [0, 0.1) is 17.2 Å². The highest BCUT2D eigenvalue weighted by atomic mass is 15.1. The molecule has 0 bridgehead atoms. The van der Waals surface area contributed by atoms with E-state index < -0.39 is 0 Å². The van der Waals surface area contributed by atoms with E-state index in [9.17, 15) is 5.26 Å². The molecule has 4 heteroatoms. The van der Waals surface area contributed by atoms with Crippen LogP contribution in [0.5, 0.6) is 0 Å². The van der Waals surface area contributed by atoms with E-state index in [1.54, 1.807) is 18.2 Å². The summed E-state index contributed by atoms with van der Waals surface area (Å²) in [6, 6.07) is 6.55. The molecule has 0 saturated carbocycles. The van der Waals surface area contributed by atoms with Gasteiger partial charge in [0.05, 0.1) is 17.0 Å². The van der Waals surface area contributed by atoms with Crippen LogP contribution in [0.3, 0.4) is 0 Å². The fourth-order valence-electron chi connectivity index (χ4n) is 4.87. The van der Waals surface area contributed by atoms with Crippen molar-refractivity contribution in [1.82, 2.24) is 5.32 Å². The first-order chi connectivity index (χ1) is 17.5. The Labute approximate surface area is 216 Å². The third-order valence-corrected chi connectivity index (χ3v) is 6.62. The monoisotopic (exact) mass is 478 g/mol. The highest BCUT2D eigenvalue weighted by Gasteiger charge is 2.19. The van der Waals surface area contributed by atoms with Crippen LogP contribution in [0.4, 0.5) is 5.69 Å². The summed E-state index contributed by atoms with van der Waals surface area (Å²) in [5.41, 5.74) is 7.03. The van der Waals surface area contributed by atoms with Crippen molar-refractivity contribution in [2.75, 3.05) is 31.1 Å². The van der Waals surface area contributed by atoms with Crippen molar-refractivity contribution in [3.8, 4) is 6.07 Å². The van der Waals surface area contributed by atoms with Crippen molar-refractivity contribution < 1.29 is 0 Å². The summed E-state index contributed by atoms with van der Waals surface area (Å²) in [5.74, 6) is 0.431. The van der Waals surface area contributed by atoms with Gasteiger partial charge in [-0.1, -0.05) is 44.9 Å². The van der Waals surface area contributed by atoms with Crippen LogP contribution in [0.25, 0.3) is 11.1 Å². The quantitative estimate of drug-likeness (QED) is 0.394. The summed E-state index contributed by atoms with van der Waals surface area (Å²) in [4.78, 5) is 7.25. The molecule has 0 aliphatic carbocycles. The minimum absolute atomic E-state index is 0.431. The molecule has 0 unspecified atom stereocenters. The van der Waals surface area contributed by atoms with Crippen molar-refractivity contribution in [2.45, 2.75) is 33.6 Å². The summed E-state index contributed by atoms with van der Waals surface area (Å²) in [5, 5.41) is 15.1. The molecule has 2 aliphatic heterocycles. The van der Waals surface area contributed by atoms with Crippen LogP contribution in [0.15, 0.2) is 96.2 Å². The largest absolute Gasteiger partial charge is 0.372 e. The van der Waals surface area contributed by atoms with Gasteiger partial charge in [0.1, 0.15) is 0 Å². The van der Waals surface area contributed by atoms with E-state index >= 15 is 0 Å². The van der Waals surface area contributed by atoms with Gasteiger partial charge >= 0.3 is 0 Å². The van der Waals surface area contributed by atoms with Crippen molar-refractivity contribution in [3.05, 3.63) is 107 Å². The van der Waals surface area contributed by atoms with Crippen LogP contribution in [-0.2, 0) is 0 Å². The third kappa shape index (κ3) is 6.11. The van der Waals surface area contributed by atoms with E-state index in [4.69, 9.17) is 4.99 Å². The summed E-state index contributed by atoms with van der Waals surface area (Å²) < 4.78 is 0. The minimum atomic E-state index is 0.431. The Balaban J connectivity index is 2.44. The van der Waals surface area contributed by atoms with E-state index in [1.807, 2.05) is 18.4 Å². The summed E-state index contributed by atoms with van der Waals surface area (Å²) in [6.07, 6.45) is 15.3. The standard InChI is InChI=1S/C32H38N4/c1-7-12-25(21-33)18-26(8-2)28-19-29-32(30(20-28)36(9-3)10-4)31(24(6)14-16-35-29)27-13-11-15-34-22-23(5)17-27/h7-8,12,14,16-20,23,34H,1-2,6,9-11,13,15,22H2,3-5H3/b25-12+,26-18+,27-17-/t23-/m1/s1. The number of nitriles is 1. The number of allylic oxidation sites excluding steroid dienone is 9. The van der Waals surface area contributed by atoms with Crippen molar-refractivity contribution in [3.63, 3.8) is 0 Å². The maximum atomic E-state index is 9.56.